The number of nitrogens with one attached hydrogen (secondary N) is 2. The van der Waals surface area contributed by atoms with Crippen LogP contribution in [-0.2, 0) is 17.6 Å². The number of anilines is 2. The lowest BCUT2D eigenvalue weighted by atomic mass is 10.1. The van der Waals surface area contributed by atoms with Crippen molar-refractivity contribution in [3.8, 4) is 10.4 Å². The van der Waals surface area contributed by atoms with E-state index in [1.807, 2.05) is 18.2 Å². The number of amides is 1. The van der Waals surface area contributed by atoms with Crippen LogP contribution in [0.2, 0.25) is 0 Å². The molecule has 1 atom stereocenters. The van der Waals surface area contributed by atoms with Gasteiger partial charge in [0.25, 0.3) is 0 Å². The molecule has 0 aliphatic carbocycles. The van der Waals surface area contributed by atoms with Gasteiger partial charge in [0.2, 0.25) is 5.91 Å². The standard InChI is InChI=1S/C20H18F2N4OS/c21-15-3-1-11(6-16(15)22)5-14(23)9-24-20-25-10-18(28-20)12-2-4-17-13(7-12)8-19(27)26-17/h1-4,6-7,10,14H,5,8-9,23H2,(H,24,25)(H,26,27)/t14-/m1/s1. The van der Waals surface area contributed by atoms with Gasteiger partial charge in [-0.25, -0.2) is 13.8 Å². The molecule has 1 aliphatic heterocycles. The summed E-state index contributed by atoms with van der Waals surface area (Å²) in [5.74, 6) is -1.72. The van der Waals surface area contributed by atoms with Gasteiger partial charge in [0.15, 0.2) is 16.8 Å². The number of thiazole rings is 1. The van der Waals surface area contributed by atoms with Crippen LogP contribution in [0.3, 0.4) is 0 Å². The Bertz CT molecular complexity index is 1040. The average Bonchev–Trinajstić information content (AvgIpc) is 3.28. The van der Waals surface area contributed by atoms with E-state index in [9.17, 15) is 13.6 Å². The smallest absolute Gasteiger partial charge is 0.228 e. The summed E-state index contributed by atoms with van der Waals surface area (Å²) in [7, 11) is 0. The van der Waals surface area contributed by atoms with Crippen LogP contribution in [0.1, 0.15) is 11.1 Å². The Morgan fingerprint density at radius 1 is 1.21 bits per heavy atom. The largest absolute Gasteiger partial charge is 0.360 e. The third kappa shape index (κ3) is 4.02. The maximum atomic E-state index is 13.3. The lowest BCUT2D eigenvalue weighted by molar-refractivity contribution is -0.115. The highest BCUT2D eigenvalue weighted by atomic mass is 32.1. The van der Waals surface area contributed by atoms with Crippen LogP contribution in [0.25, 0.3) is 10.4 Å². The van der Waals surface area contributed by atoms with Gasteiger partial charge in [-0.05, 0) is 47.4 Å². The summed E-state index contributed by atoms with van der Waals surface area (Å²) in [5, 5.41) is 6.73. The van der Waals surface area contributed by atoms with E-state index in [4.69, 9.17) is 5.73 Å². The zero-order valence-electron chi connectivity index (χ0n) is 14.8. The molecule has 2 heterocycles. The van der Waals surface area contributed by atoms with Gasteiger partial charge in [-0.2, -0.15) is 0 Å². The maximum Gasteiger partial charge on any atom is 0.228 e. The van der Waals surface area contributed by atoms with E-state index in [-0.39, 0.29) is 11.9 Å². The minimum absolute atomic E-state index is 0.00818. The fraction of sp³-hybridized carbons (Fsp3) is 0.200. The van der Waals surface area contributed by atoms with Crippen molar-refractivity contribution < 1.29 is 13.6 Å². The van der Waals surface area contributed by atoms with Crippen LogP contribution in [-0.4, -0.2) is 23.5 Å². The molecule has 1 aromatic heterocycles. The molecule has 0 saturated carbocycles. The summed E-state index contributed by atoms with van der Waals surface area (Å²) >= 11 is 1.49. The molecule has 4 N–H and O–H groups in total. The number of fused-ring (bicyclic) bond motifs is 1. The molecular weight excluding hydrogens is 382 g/mol. The number of nitrogens with two attached hydrogens (primary N) is 1. The van der Waals surface area contributed by atoms with E-state index in [2.05, 4.69) is 15.6 Å². The number of aromatic nitrogens is 1. The number of rotatable bonds is 6. The van der Waals surface area contributed by atoms with Crippen molar-refractivity contribution in [2.45, 2.75) is 18.9 Å². The molecule has 144 valence electrons. The molecule has 3 aromatic rings. The number of halogens is 2. The van der Waals surface area contributed by atoms with E-state index < -0.39 is 11.6 Å². The SMILES string of the molecule is N[C@@H](CNc1ncc(-c2ccc3c(c2)CC(=O)N3)s1)Cc1ccc(F)c(F)c1. The highest BCUT2D eigenvalue weighted by molar-refractivity contribution is 7.18. The van der Waals surface area contributed by atoms with E-state index in [1.165, 1.54) is 23.5 Å². The summed E-state index contributed by atoms with van der Waals surface area (Å²) in [6.07, 6.45) is 2.60. The summed E-state index contributed by atoms with van der Waals surface area (Å²) in [4.78, 5) is 16.8. The van der Waals surface area contributed by atoms with Gasteiger partial charge in [0, 0.05) is 24.5 Å². The Labute approximate surface area is 164 Å². The topological polar surface area (TPSA) is 80.0 Å². The normalized spacial score (nSPS) is 13.9. The molecule has 0 unspecified atom stereocenters. The molecule has 8 heteroatoms. The first-order valence-electron chi connectivity index (χ1n) is 8.80. The van der Waals surface area contributed by atoms with Crippen molar-refractivity contribution in [1.82, 2.24) is 4.98 Å². The van der Waals surface area contributed by atoms with Crippen molar-refractivity contribution in [2.24, 2.45) is 5.73 Å². The Morgan fingerprint density at radius 3 is 2.89 bits per heavy atom. The molecule has 0 bridgehead atoms. The van der Waals surface area contributed by atoms with Crippen LogP contribution >= 0.6 is 11.3 Å². The summed E-state index contributed by atoms with van der Waals surface area (Å²) in [5.41, 5.74) is 9.59. The predicted octanol–water partition coefficient (Wildman–Crippen LogP) is 3.56. The predicted molar refractivity (Wildman–Crippen MR) is 106 cm³/mol. The summed E-state index contributed by atoms with van der Waals surface area (Å²) < 4.78 is 26.3. The number of hydrogen-bond donors (Lipinski definition) is 3. The van der Waals surface area contributed by atoms with Gasteiger partial charge in [-0.15, -0.1) is 0 Å². The second-order valence-electron chi connectivity index (χ2n) is 6.72. The lowest BCUT2D eigenvalue weighted by Crippen LogP contribution is -2.31. The third-order valence-electron chi connectivity index (χ3n) is 4.52. The van der Waals surface area contributed by atoms with Crippen molar-refractivity contribution in [3.63, 3.8) is 0 Å². The molecule has 28 heavy (non-hydrogen) atoms. The third-order valence-corrected chi connectivity index (χ3v) is 5.52. The number of carbonyl (C=O) groups excluding carboxylic acids is 1. The summed E-state index contributed by atoms with van der Waals surface area (Å²) in [6.45, 7) is 0.453. The van der Waals surface area contributed by atoms with Crippen LogP contribution in [0.4, 0.5) is 19.6 Å². The van der Waals surface area contributed by atoms with Gasteiger partial charge in [0.05, 0.1) is 11.3 Å². The maximum absolute atomic E-state index is 13.3. The van der Waals surface area contributed by atoms with Gasteiger partial charge < -0.3 is 16.4 Å². The highest BCUT2D eigenvalue weighted by Gasteiger charge is 2.18. The van der Waals surface area contributed by atoms with Crippen LogP contribution in [0, 0.1) is 11.6 Å². The molecule has 4 rings (SSSR count). The molecular formula is C20H18F2N4OS. The lowest BCUT2D eigenvalue weighted by Gasteiger charge is -2.12. The molecule has 1 amide bonds. The molecule has 0 spiro atoms. The molecule has 0 saturated heterocycles. The Hall–Kier alpha value is -2.84. The quantitative estimate of drug-likeness (QED) is 0.591. The second kappa shape index (κ2) is 7.65. The summed E-state index contributed by atoms with van der Waals surface area (Å²) in [6, 6.07) is 9.40. The van der Waals surface area contributed by atoms with Crippen molar-refractivity contribution in [1.29, 1.82) is 0 Å². The fourth-order valence-electron chi connectivity index (χ4n) is 3.13. The minimum atomic E-state index is -0.867. The fourth-order valence-corrected chi connectivity index (χ4v) is 3.95. The van der Waals surface area contributed by atoms with Crippen molar-refractivity contribution in [2.75, 3.05) is 17.2 Å². The average molecular weight is 400 g/mol. The first kappa shape index (κ1) is 18.5. The van der Waals surface area contributed by atoms with E-state index in [0.717, 1.165) is 32.9 Å². The zero-order valence-corrected chi connectivity index (χ0v) is 15.7. The van der Waals surface area contributed by atoms with Crippen molar-refractivity contribution in [3.05, 3.63) is 65.4 Å². The second-order valence-corrected chi connectivity index (χ2v) is 7.75. The van der Waals surface area contributed by atoms with Gasteiger partial charge >= 0.3 is 0 Å². The van der Waals surface area contributed by atoms with Gasteiger partial charge in [0.1, 0.15) is 0 Å². The molecule has 1 aliphatic rings. The van der Waals surface area contributed by atoms with Gasteiger partial charge in [-0.1, -0.05) is 23.5 Å². The molecule has 0 radical (unpaired) electrons. The van der Waals surface area contributed by atoms with Crippen LogP contribution in [0.15, 0.2) is 42.6 Å². The first-order chi connectivity index (χ1) is 13.5. The van der Waals surface area contributed by atoms with E-state index >= 15 is 0 Å². The van der Waals surface area contributed by atoms with Gasteiger partial charge in [-0.3, -0.25) is 4.79 Å². The number of nitrogens with zero attached hydrogens (tertiary/aromatic N) is 1. The minimum Gasteiger partial charge on any atom is -0.360 e. The highest BCUT2D eigenvalue weighted by Crippen LogP contribution is 2.33. The zero-order chi connectivity index (χ0) is 19.7. The van der Waals surface area contributed by atoms with E-state index in [1.54, 1.807) is 6.20 Å². The number of benzene rings is 2. The Balaban J connectivity index is 1.36. The number of hydrogen-bond acceptors (Lipinski definition) is 5. The number of carbonyl (C=O) groups is 1. The first-order valence-corrected chi connectivity index (χ1v) is 9.62. The monoisotopic (exact) mass is 400 g/mol. The molecule has 5 nitrogen and oxygen atoms in total. The molecule has 0 fully saturated rings. The van der Waals surface area contributed by atoms with E-state index in [0.29, 0.717) is 24.9 Å². The van der Waals surface area contributed by atoms with Crippen LogP contribution < -0.4 is 16.4 Å². The Morgan fingerprint density at radius 2 is 2.07 bits per heavy atom. The Kier molecular flexibility index (Phi) is 5.06. The molecule has 2 aromatic carbocycles. The van der Waals surface area contributed by atoms with Crippen molar-refractivity contribution >= 4 is 28.1 Å². The van der Waals surface area contributed by atoms with Crippen LogP contribution in [0.5, 0.6) is 0 Å².